The van der Waals surface area contributed by atoms with Gasteiger partial charge in [0.25, 0.3) is 5.91 Å². The molecule has 45 heavy (non-hydrogen) atoms. The number of piperazine rings is 1. The van der Waals surface area contributed by atoms with Crippen molar-refractivity contribution < 1.29 is 60.4 Å². The van der Waals surface area contributed by atoms with Gasteiger partial charge in [0.15, 0.2) is 0 Å². The molecule has 5 rings (SSSR count). The van der Waals surface area contributed by atoms with Gasteiger partial charge in [-0.3, -0.25) is 9.69 Å². The second-order valence-electron chi connectivity index (χ2n) is 9.76. The first-order valence-electron chi connectivity index (χ1n) is 12.9. The molecule has 0 radical (unpaired) electrons. The third-order valence-corrected chi connectivity index (χ3v) is 6.54. The Hall–Kier alpha value is -4.93. The molecule has 2 aromatic carbocycles. The zero-order valence-corrected chi connectivity index (χ0v) is 22.9. The summed E-state index contributed by atoms with van der Waals surface area (Å²) in [5, 5.41) is 26.8. The van der Waals surface area contributed by atoms with E-state index in [1.165, 1.54) is 24.3 Å². The Morgan fingerprint density at radius 1 is 0.867 bits per heavy atom. The highest BCUT2D eigenvalue weighted by atomic mass is 19.4. The number of pyridine rings is 1. The summed E-state index contributed by atoms with van der Waals surface area (Å²) in [4.78, 5) is 39.5. The first-order valence-corrected chi connectivity index (χ1v) is 12.9. The molecule has 1 amide bonds. The van der Waals surface area contributed by atoms with Crippen molar-refractivity contribution in [3.05, 3.63) is 83.8 Å². The molecule has 242 valence electrons. The molecule has 3 heterocycles. The van der Waals surface area contributed by atoms with Crippen LogP contribution in [0.3, 0.4) is 0 Å². The van der Waals surface area contributed by atoms with Crippen molar-refractivity contribution in [2.24, 2.45) is 0 Å². The number of carboxylic acid groups (broad SMARTS) is 2. The number of amides is 1. The number of aromatic hydroxyl groups is 1. The predicted octanol–water partition coefficient (Wildman–Crippen LogP) is 4.91. The first-order chi connectivity index (χ1) is 20.9. The highest BCUT2D eigenvalue weighted by molar-refractivity contribution is 6.04. The Balaban J connectivity index is 0.000000331. The van der Waals surface area contributed by atoms with Crippen LogP contribution in [-0.4, -0.2) is 80.6 Å². The number of carbonyl (C=O) groups excluding carboxylic acids is 1. The summed E-state index contributed by atoms with van der Waals surface area (Å²) in [6, 6.07) is 17.4. The number of aromatic nitrogens is 1. The van der Waals surface area contributed by atoms with Crippen molar-refractivity contribution in [2.75, 3.05) is 23.3 Å². The molecule has 2 bridgehead atoms. The van der Waals surface area contributed by atoms with E-state index < -0.39 is 24.3 Å². The number of carboxylic acids is 2. The molecule has 3 aromatic rings. The van der Waals surface area contributed by atoms with Crippen molar-refractivity contribution in [3.8, 4) is 5.75 Å². The number of alkyl halides is 6. The normalized spacial score (nSPS) is 17.4. The number of rotatable bonds is 5. The van der Waals surface area contributed by atoms with Crippen LogP contribution in [0.15, 0.2) is 66.9 Å². The van der Waals surface area contributed by atoms with Crippen molar-refractivity contribution in [3.63, 3.8) is 0 Å². The molecule has 0 saturated carbocycles. The highest BCUT2D eigenvalue weighted by Gasteiger charge is 2.43. The number of halogens is 7. The number of phenolic OH excluding ortho intramolecular Hbond substituents is 1. The third kappa shape index (κ3) is 10.1. The van der Waals surface area contributed by atoms with Crippen LogP contribution < -0.4 is 10.2 Å². The molecule has 2 aliphatic heterocycles. The summed E-state index contributed by atoms with van der Waals surface area (Å²) < 4.78 is 76.6. The van der Waals surface area contributed by atoms with Crippen LogP contribution in [0, 0.1) is 5.82 Å². The number of likely N-dealkylation sites (tertiary alicyclic amines) is 1. The van der Waals surface area contributed by atoms with E-state index in [0.29, 0.717) is 29.1 Å². The largest absolute Gasteiger partial charge is 0.508 e. The van der Waals surface area contributed by atoms with E-state index in [1.807, 2.05) is 24.3 Å². The molecular formula is C28H25F7N4O6. The van der Waals surface area contributed by atoms with Crippen LogP contribution in [0.4, 0.5) is 42.2 Å². The maximum absolute atomic E-state index is 13.1. The Labute approximate surface area is 250 Å². The molecule has 4 N–H and O–H groups in total. The number of hydrogen-bond donors (Lipinski definition) is 4. The Morgan fingerprint density at radius 2 is 1.47 bits per heavy atom. The Kier molecular flexibility index (Phi) is 10.9. The maximum Gasteiger partial charge on any atom is 0.490 e. The zero-order valence-electron chi connectivity index (χ0n) is 22.9. The minimum absolute atomic E-state index is 0.280. The maximum atomic E-state index is 13.1. The van der Waals surface area contributed by atoms with E-state index >= 15 is 0 Å². The van der Waals surface area contributed by atoms with Crippen molar-refractivity contribution >= 4 is 29.4 Å². The number of fused-ring (bicyclic) bond motifs is 2. The SMILES string of the molecule is O=C(Nc1ccnc(N2C[C@H]3C[C@@H]2CN3Cc2cccc(O)c2)c1)c1ccc(F)cc1.O=C(O)C(F)(F)F.O=C(O)C(F)(F)F. The molecule has 10 nitrogen and oxygen atoms in total. The number of benzene rings is 2. The summed E-state index contributed by atoms with van der Waals surface area (Å²) in [5.41, 5.74) is 2.18. The number of phenols is 1. The molecule has 0 unspecified atom stereocenters. The minimum atomic E-state index is -5.08. The molecule has 2 saturated heterocycles. The van der Waals surface area contributed by atoms with Gasteiger partial charge in [0, 0.05) is 55.2 Å². The lowest BCUT2D eigenvalue weighted by atomic mass is 10.2. The molecule has 17 heteroatoms. The highest BCUT2D eigenvalue weighted by Crippen LogP contribution is 2.35. The second-order valence-corrected chi connectivity index (χ2v) is 9.76. The molecule has 2 fully saturated rings. The van der Waals surface area contributed by atoms with E-state index in [1.54, 1.807) is 18.3 Å². The van der Waals surface area contributed by atoms with Gasteiger partial charge in [-0.05, 0) is 54.4 Å². The van der Waals surface area contributed by atoms with Gasteiger partial charge in [0.1, 0.15) is 17.4 Å². The summed E-state index contributed by atoms with van der Waals surface area (Å²) in [6.07, 6.45) is -7.39. The molecule has 2 atom stereocenters. The van der Waals surface area contributed by atoms with Gasteiger partial charge >= 0.3 is 24.3 Å². The van der Waals surface area contributed by atoms with Gasteiger partial charge < -0.3 is 25.5 Å². The number of carbonyl (C=O) groups is 3. The zero-order chi connectivity index (χ0) is 33.5. The standard InChI is InChI=1S/C24H23FN4O2.2C2HF3O2/c25-18-6-4-17(5-7-18)24(31)27-19-8-9-26-23(11-19)29-15-20-12-21(29)14-28(20)13-16-2-1-3-22(30)10-16;2*3-2(4,5)1(6)7/h1-11,20-21,30H,12-15H2,(H,26,27,31);2*(H,6,7)/t20-,21-;;/m1../s1. The lowest BCUT2D eigenvalue weighted by Gasteiger charge is -2.35. The number of anilines is 2. The number of aliphatic carboxylic acids is 2. The summed E-state index contributed by atoms with van der Waals surface area (Å²) >= 11 is 0. The minimum Gasteiger partial charge on any atom is -0.508 e. The third-order valence-electron chi connectivity index (χ3n) is 6.54. The fraction of sp³-hybridized carbons (Fsp3) is 0.286. The van der Waals surface area contributed by atoms with Gasteiger partial charge in [-0.1, -0.05) is 12.1 Å². The van der Waals surface area contributed by atoms with Crippen molar-refractivity contribution in [2.45, 2.75) is 37.4 Å². The van der Waals surface area contributed by atoms with Gasteiger partial charge in [0.2, 0.25) is 0 Å². The average molecular weight is 647 g/mol. The van der Waals surface area contributed by atoms with Crippen LogP contribution in [0.25, 0.3) is 0 Å². The topological polar surface area (TPSA) is 143 Å². The monoisotopic (exact) mass is 646 g/mol. The van der Waals surface area contributed by atoms with E-state index in [-0.39, 0.29) is 11.7 Å². The van der Waals surface area contributed by atoms with Gasteiger partial charge in [0.05, 0.1) is 0 Å². The summed E-state index contributed by atoms with van der Waals surface area (Å²) in [7, 11) is 0. The average Bonchev–Trinajstić information content (AvgIpc) is 3.54. The predicted molar refractivity (Wildman–Crippen MR) is 144 cm³/mol. The number of nitrogens with one attached hydrogen (secondary N) is 1. The van der Waals surface area contributed by atoms with Crippen LogP contribution in [0.5, 0.6) is 5.75 Å². The summed E-state index contributed by atoms with van der Waals surface area (Å²) in [5.74, 6) is -5.02. The molecule has 0 spiro atoms. The number of nitrogens with zero attached hydrogens (tertiary/aromatic N) is 3. The van der Waals surface area contributed by atoms with E-state index in [4.69, 9.17) is 19.8 Å². The van der Waals surface area contributed by atoms with Crippen LogP contribution in [0.2, 0.25) is 0 Å². The smallest absolute Gasteiger partial charge is 0.490 e. The van der Waals surface area contributed by atoms with E-state index in [2.05, 4.69) is 20.1 Å². The van der Waals surface area contributed by atoms with Crippen LogP contribution in [0.1, 0.15) is 22.3 Å². The van der Waals surface area contributed by atoms with Gasteiger partial charge in [-0.15, -0.1) is 0 Å². The molecular weight excluding hydrogens is 621 g/mol. The fourth-order valence-electron chi connectivity index (χ4n) is 4.57. The molecule has 0 aliphatic carbocycles. The summed E-state index contributed by atoms with van der Waals surface area (Å²) in [6.45, 7) is 2.64. The lowest BCUT2D eigenvalue weighted by Crippen LogP contribution is -2.46. The van der Waals surface area contributed by atoms with Crippen LogP contribution in [-0.2, 0) is 16.1 Å². The van der Waals surface area contributed by atoms with Crippen molar-refractivity contribution in [1.29, 1.82) is 0 Å². The van der Waals surface area contributed by atoms with Gasteiger partial charge in [-0.25, -0.2) is 19.0 Å². The van der Waals surface area contributed by atoms with E-state index in [9.17, 15) is 40.6 Å². The van der Waals surface area contributed by atoms with Crippen molar-refractivity contribution in [1.82, 2.24) is 9.88 Å². The van der Waals surface area contributed by atoms with Crippen LogP contribution >= 0.6 is 0 Å². The number of hydrogen-bond acceptors (Lipinski definition) is 7. The Bertz CT molecular complexity index is 1480. The Morgan fingerprint density at radius 3 is 1.98 bits per heavy atom. The van der Waals surface area contributed by atoms with E-state index in [0.717, 1.165) is 37.4 Å². The quantitative estimate of drug-likeness (QED) is 0.285. The van der Waals surface area contributed by atoms with Gasteiger partial charge in [-0.2, -0.15) is 26.3 Å². The first kappa shape index (κ1) is 34.6. The molecule has 2 aliphatic rings. The second kappa shape index (κ2) is 14.2. The fourth-order valence-corrected chi connectivity index (χ4v) is 4.57. The molecule has 1 aromatic heterocycles. The lowest BCUT2D eigenvalue weighted by molar-refractivity contribution is -0.193.